The van der Waals surface area contributed by atoms with E-state index < -0.39 is 68.1 Å². The molecular formula is C31H30F6N2O6S. The summed E-state index contributed by atoms with van der Waals surface area (Å²) in [4.78, 5) is 24.7. The van der Waals surface area contributed by atoms with Crippen LogP contribution < -0.4 is 4.90 Å². The summed E-state index contributed by atoms with van der Waals surface area (Å²) in [5, 5.41) is 19.5. The van der Waals surface area contributed by atoms with E-state index in [4.69, 9.17) is 0 Å². The lowest BCUT2D eigenvalue weighted by Gasteiger charge is -2.27. The molecule has 0 aliphatic heterocycles. The topological polar surface area (TPSA) is 115 Å². The van der Waals surface area contributed by atoms with Crippen LogP contribution in [0.3, 0.4) is 0 Å². The van der Waals surface area contributed by atoms with Gasteiger partial charge in [-0.1, -0.05) is 43.5 Å². The van der Waals surface area contributed by atoms with Gasteiger partial charge < -0.3 is 15.1 Å². The molecule has 1 aliphatic carbocycles. The van der Waals surface area contributed by atoms with Crippen molar-refractivity contribution in [2.24, 2.45) is 0 Å². The molecule has 1 amide bonds. The minimum Gasteiger partial charge on any atom is -0.507 e. The molecule has 1 saturated carbocycles. The summed E-state index contributed by atoms with van der Waals surface area (Å²) in [6.45, 7) is -1.22. The van der Waals surface area contributed by atoms with Gasteiger partial charge in [-0.15, -0.1) is 0 Å². The van der Waals surface area contributed by atoms with E-state index >= 15 is 0 Å². The van der Waals surface area contributed by atoms with Crippen LogP contribution in [-0.4, -0.2) is 48.4 Å². The maximum atomic E-state index is 13.6. The summed E-state index contributed by atoms with van der Waals surface area (Å²) in [5.41, 5.74) is -2.51. The van der Waals surface area contributed by atoms with Gasteiger partial charge in [0.1, 0.15) is 11.3 Å². The molecule has 3 aromatic rings. The molecule has 0 spiro atoms. The standard InChI is InChI=1S/C31H30F6N2O6S/c1-38(46(44,45)25-14-22(30(32,33)34)13-23(15-25)31(35,36)37)18-28(41)39(24-11-12-26(29(42)43)27(40)16-24)17-19-7-9-21(10-8-19)20-5-3-2-4-6-20/h7-16,20,40H,2-6,17-18H2,1H3,(H,42,43). The number of phenols is 1. The monoisotopic (exact) mass is 672 g/mol. The van der Waals surface area contributed by atoms with Crippen LogP contribution >= 0.6 is 0 Å². The van der Waals surface area contributed by atoms with E-state index in [9.17, 15) is 54.6 Å². The van der Waals surface area contributed by atoms with Crippen LogP contribution in [0.4, 0.5) is 32.0 Å². The van der Waals surface area contributed by atoms with E-state index in [2.05, 4.69) is 0 Å². The lowest BCUT2D eigenvalue weighted by Crippen LogP contribution is -2.41. The Balaban J connectivity index is 1.66. The van der Waals surface area contributed by atoms with Gasteiger partial charge in [0.25, 0.3) is 0 Å². The quantitative estimate of drug-likeness (QED) is 0.236. The number of aromatic hydroxyl groups is 1. The van der Waals surface area contributed by atoms with Crippen molar-refractivity contribution in [3.05, 3.63) is 88.5 Å². The number of benzene rings is 3. The molecule has 0 atom stereocenters. The molecule has 248 valence electrons. The molecule has 3 aromatic carbocycles. The average molecular weight is 673 g/mol. The summed E-state index contributed by atoms with van der Waals surface area (Å²) in [6.07, 6.45) is -5.13. The van der Waals surface area contributed by atoms with E-state index in [0.717, 1.165) is 55.3 Å². The Morgan fingerprint density at radius 3 is 1.91 bits per heavy atom. The first-order valence-corrected chi connectivity index (χ1v) is 15.5. The Hall–Kier alpha value is -4.11. The number of anilines is 1. The average Bonchev–Trinajstić information content (AvgIpc) is 2.99. The summed E-state index contributed by atoms with van der Waals surface area (Å²) in [7, 11) is -4.25. The number of carboxylic acids is 1. The van der Waals surface area contributed by atoms with Crippen molar-refractivity contribution in [1.29, 1.82) is 0 Å². The van der Waals surface area contributed by atoms with Crippen molar-refractivity contribution in [3.8, 4) is 5.75 Å². The highest BCUT2D eigenvalue weighted by Crippen LogP contribution is 2.38. The fraction of sp³-hybridized carbons (Fsp3) is 0.355. The van der Waals surface area contributed by atoms with Crippen molar-refractivity contribution in [3.63, 3.8) is 0 Å². The predicted molar refractivity (Wildman–Crippen MR) is 155 cm³/mol. The maximum absolute atomic E-state index is 13.6. The molecule has 0 saturated heterocycles. The number of hydrogen-bond donors (Lipinski definition) is 2. The Morgan fingerprint density at radius 2 is 1.41 bits per heavy atom. The van der Waals surface area contributed by atoms with Crippen LogP contribution in [0.2, 0.25) is 0 Å². The Bertz CT molecular complexity index is 1670. The van der Waals surface area contributed by atoms with E-state index in [1.165, 1.54) is 12.5 Å². The van der Waals surface area contributed by atoms with Gasteiger partial charge in [0.15, 0.2) is 0 Å². The van der Waals surface area contributed by atoms with Gasteiger partial charge in [0, 0.05) is 18.8 Å². The minimum atomic E-state index is -5.30. The van der Waals surface area contributed by atoms with E-state index in [-0.39, 0.29) is 30.4 Å². The normalized spacial score (nSPS) is 14.8. The molecule has 15 heteroatoms. The van der Waals surface area contributed by atoms with Gasteiger partial charge in [-0.2, -0.15) is 30.6 Å². The van der Waals surface area contributed by atoms with Crippen molar-refractivity contribution in [1.82, 2.24) is 4.31 Å². The van der Waals surface area contributed by atoms with Crippen LogP contribution in [0.15, 0.2) is 65.6 Å². The molecule has 0 unspecified atom stereocenters. The van der Waals surface area contributed by atoms with Crippen molar-refractivity contribution in [2.45, 2.75) is 61.8 Å². The molecule has 2 N–H and O–H groups in total. The van der Waals surface area contributed by atoms with Crippen LogP contribution in [0.25, 0.3) is 0 Å². The molecule has 4 rings (SSSR count). The van der Waals surface area contributed by atoms with Crippen molar-refractivity contribution in [2.75, 3.05) is 18.5 Å². The highest BCUT2D eigenvalue weighted by molar-refractivity contribution is 7.89. The third-order valence-electron chi connectivity index (χ3n) is 7.85. The van der Waals surface area contributed by atoms with Crippen LogP contribution in [0.1, 0.15) is 70.6 Å². The number of hydrogen-bond acceptors (Lipinski definition) is 5. The van der Waals surface area contributed by atoms with E-state index in [1.807, 2.05) is 12.1 Å². The van der Waals surface area contributed by atoms with Crippen LogP contribution in [0, 0.1) is 0 Å². The lowest BCUT2D eigenvalue weighted by molar-refractivity contribution is -0.143. The number of sulfonamides is 1. The summed E-state index contributed by atoms with van der Waals surface area (Å²) in [6, 6.07) is 10.4. The van der Waals surface area contributed by atoms with Gasteiger partial charge in [0.05, 0.1) is 29.1 Å². The molecular weight excluding hydrogens is 642 g/mol. The highest BCUT2D eigenvalue weighted by Gasteiger charge is 2.39. The summed E-state index contributed by atoms with van der Waals surface area (Å²) in [5.74, 6) is -2.73. The number of carbonyl (C=O) groups is 2. The first kappa shape index (κ1) is 34.8. The number of nitrogens with zero attached hydrogens (tertiary/aromatic N) is 2. The molecule has 1 fully saturated rings. The predicted octanol–water partition coefficient (Wildman–Crippen LogP) is 7.03. The second-order valence-electron chi connectivity index (χ2n) is 11.1. The fourth-order valence-electron chi connectivity index (χ4n) is 5.32. The third kappa shape index (κ3) is 7.99. The summed E-state index contributed by atoms with van der Waals surface area (Å²) < 4.78 is 107. The number of carboxylic acid groups (broad SMARTS) is 1. The third-order valence-corrected chi connectivity index (χ3v) is 9.63. The summed E-state index contributed by atoms with van der Waals surface area (Å²) >= 11 is 0. The SMILES string of the molecule is CN(CC(=O)N(Cc1ccc(C2CCCCC2)cc1)c1ccc(C(=O)O)c(O)c1)S(=O)(=O)c1cc(C(F)(F)F)cc(C(F)(F)F)c1. The van der Waals surface area contributed by atoms with Gasteiger partial charge in [-0.05, 0) is 60.2 Å². The fourth-order valence-corrected chi connectivity index (χ4v) is 6.51. The second-order valence-corrected chi connectivity index (χ2v) is 13.1. The zero-order chi connectivity index (χ0) is 34.0. The smallest absolute Gasteiger partial charge is 0.416 e. The van der Waals surface area contributed by atoms with E-state index in [0.29, 0.717) is 15.8 Å². The number of rotatable bonds is 9. The molecule has 0 radical (unpaired) electrons. The molecule has 8 nitrogen and oxygen atoms in total. The highest BCUT2D eigenvalue weighted by atomic mass is 32.2. The Labute approximate surface area is 260 Å². The first-order valence-electron chi connectivity index (χ1n) is 14.1. The lowest BCUT2D eigenvalue weighted by atomic mass is 9.84. The first-order chi connectivity index (χ1) is 21.4. The number of amides is 1. The maximum Gasteiger partial charge on any atom is 0.416 e. The molecule has 0 aromatic heterocycles. The zero-order valence-electron chi connectivity index (χ0n) is 24.4. The van der Waals surface area contributed by atoms with Crippen LogP contribution in [0.5, 0.6) is 5.75 Å². The zero-order valence-corrected chi connectivity index (χ0v) is 25.2. The van der Waals surface area contributed by atoms with Gasteiger partial charge in [-0.25, -0.2) is 13.2 Å². The largest absolute Gasteiger partial charge is 0.507 e. The molecule has 46 heavy (non-hydrogen) atoms. The van der Waals surface area contributed by atoms with Gasteiger partial charge in [-0.3, -0.25) is 4.79 Å². The number of likely N-dealkylation sites (N-methyl/N-ethyl adjacent to an activating group) is 1. The van der Waals surface area contributed by atoms with Crippen molar-refractivity contribution >= 4 is 27.6 Å². The van der Waals surface area contributed by atoms with E-state index in [1.54, 1.807) is 12.1 Å². The Kier molecular flexibility index (Phi) is 10.1. The second kappa shape index (κ2) is 13.3. The number of aromatic carboxylic acids is 1. The Morgan fingerprint density at radius 1 is 0.848 bits per heavy atom. The number of carbonyl (C=O) groups excluding carboxylic acids is 1. The number of alkyl halides is 6. The molecule has 0 bridgehead atoms. The minimum absolute atomic E-state index is 0.0342. The van der Waals surface area contributed by atoms with Crippen molar-refractivity contribution < 1.29 is 54.6 Å². The van der Waals surface area contributed by atoms with Crippen LogP contribution in [-0.2, 0) is 33.7 Å². The number of halogens is 6. The molecule has 1 aliphatic rings. The molecule has 0 heterocycles. The van der Waals surface area contributed by atoms with Gasteiger partial charge >= 0.3 is 18.3 Å². The van der Waals surface area contributed by atoms with Gasteiger partial charge in [0.2, 0.25) is 15.9 Å².